The van der Waals surface area contributed by atoms with E-state index >= 15 is 0 Å². The Bertz CT molecular complexity index is 484. The largest absolute Gasteiger partial charge is 0.379 e. The molecule has 1 atom stereocenters. The van der Waals surface area contributed by atoms with Gasteiger partial charge in [0, 0.05) is 19.8 Å². The second-order valence-corrected chi connectivity index (χ2v) is 10.9. The Balaban J connectivity index is 1.98. The lowest BCUT2D eigenvalue weighted by Crippen LogP contribution is -2.35. The molecule has 0 bridgehead atoms. The fourth-order valence-electron chi connectivity index (χ4n) is 4.95. The van der Waals surface area contributed by atoms with Crippen molar-refractivity contribution in [3.63, 3.8) is 0 Å². The number of allylic oxidation sites excluding steroid dienone is 4. The van der Waals surface area contributed by atoms with Gasteiger partial charge in [-0.15, -0.1) is 0 Å². The molecule has 1 saturated heterocycles. The third kappa shape index (κ3) is 22.5. The number of rotatable bonds is 27. The van der Waals surface area contributed by atoms with Gasteiger partial charge in [-0.05, 0) is 70.9 Å². The average molecular weight is 506 g/mol. The standard InChI is InChI=1S/C33H63NO2/c1-3-5-7-9-11-12-13-14-15-16-17-18-19-20-22-26-30-36-33(31-34-27-23-24-28-34)32-35-29-25-21-10-8-6-4-2/h11-12,14-15,33H,3-10,13,16-32H2,1-2H3/b12-11-,15-14-. The third-order valence-electron chi connectivity index (χ3n) is 7.31. The Labute approximate surface area is 226 Å². The van der Waals surface area contributed by atoms with Crippen LogP contribution in [0.1, 0.15) is 142 Å². The minimum absolute atomic E-state index is 0.251. The number of hydrogen-bond donors (Lipinski definition) is 0. The first-order chi connectivity index (χ1) is 17.9. The van der Waals surface area contributed by atoms with Crippen LogP contribution < -0.4 is 0 Å². The molecule has 0 aliphatic carbocycles. The Morgan fingerprint density at radius 1 is 0.611 bits per heavy atom. The quantitative estimate of drug-likeness (QED) is 0.0819. The summed E-state index contributed by atoms with van der Waals surface area (Å²) in [6, 6.07) is 0. The molecule has 0 N–H and O–H groups in total. The summed E-state index contributed by atoms with van der Waals surface area (Å²) in [5.74, 6) is 0. The number of nitrogens with zero attached hydrogens (tertiary/aromatic N) is 1. The van der Waals surface area contributed by atoms with E-state index < -0.39 is 0 Å². The molecule has 0 aromatic rings. The SMILES string of the molecule is CCCCC/C=C\C/C=C\CCCCCCCCOC(COCCCCCCCC)CN1CCCC1. The minimum atomic E-state index is 0.251. The van der Waals surface area contributed by atoms with Crippen LogP contribution in [0.3, 0.4) is 0 Å². The summed E-state index contributed by atoms with van der Waals surface area (Å²) < 4.78 is 12.3. The number of likely N-dealkylation sites (tertiary alicyclic amines) is 1. The van der Waals surface area contributed by atoms with Crippen molar-refractivity contribution in [2.75, 3.05) is 39.5 Å². The van der Waals surface area contributed by atoms with Crippen molar-refractivity contribution in [3.05, 3.63) is 24.3 Å². The van der Waals surface area contributed by atoms with Crippen LogP contribution in [0.4, 0.5) is 0 Å². The summed E-state index contributed by atoms with van der Waals surface area (Å²) in [6.45, 7) is 10.6. The molecule has 0 spiro atoms. The lowest BCUT2D eigenvalue weighted by molar-refractivity contribution is -0.0316. The number of ether oxygens (including phenoxy) is 2. The highest BCUT2D eigenvalue weighted by atomic mass is 16.5. The van der Waals surface area contributed by atoms with Gasteiger partial charge in [0.05, 0.1) is 12.7 Å². The van der Waals surface area contributed by atoms with Crippen LogP contribution in [0.5, 0.6) is 0 Å². The maximum Gasteiger partial charge on any atom is 0.0934 e. The van der Waals surface area contributed by atoms with Gasteiger partial charge in [-0.1, -0.05) is 109 Å². The molecule has 3 heteroatoms. The lowest BCUT2D eigenvalue weighted by atomic mass is 10.1. The van der Waals surface area contributed by atoms with E-state index in [4.69, 9.17) is 9.47 Å². The zero-order chi connectivity index (χ0) is 25.8. The van der Waals surface area contributed by atoms with E-state index in [1.807, 2.05) is 0 Å². The van der Waals surface area contributed by atoms with Crippen molar-refractivity contribution in [3.8, 4) is 0 Å². The van der Waals surface area contributed by atoms with Crippen LogP contribution in [-0.2, 0) is 9.47 Å². The molecule has 0 saturated carbocycles. The first-order valence-electron chi connectivity index (χ1n) is 16.1. The van der Waals surface area contributed by atoms with E-state index in [0.29, 0.717) is 0 Å². The van der Waals surface area contributed by atoms with Crippen molar-refractivity contribution in [1.29, 1.82) is 0 Å². The molecule has 1 aliphatic rings. The molecule has 212 valence electrons. The molecular formula is C33H63NO2. The van der Waals surface area contributed by atoms with Crippen LogP contribution in [0.15, 0.2) is 24.3 Å². The molecule has 1 heterocycles. The fourth-order valence-corrected chi connectivity index (χ4v) is 4.95. The second-order valence-electron chi connectivity index (χ2n) is 10.9. The summed E-state index contributed by atoms with van der Waals surface area (Å²) >= 11 is 0. The average Bonchev–Trinajstić information content (AvgIpc) is 3.40. The molecule has 1 unspecified atom stereocenters. The molecular weight excluding hydrogens is 442 g/mol. The molecule has 1 rings (SSSR count). The van der Waals surface area contributed by atoms with Gasteiger partial charge in [0.15, 0.2) is 0 Å². The zero-order valence-corrected chi connectivity index (χ0v) is 24.5. The first-order valence-corrected chi connectivity index (χ1v) is 16.1. The van der Waals surface area contributed by atoms with Gasteiger partial charge in [0.25, 0.3) is 0 Å². The van der Waals surface area contributed by atoms with Gasteiger partial charge >= 0.3 is 0 Å². The predicted octanol–water partition coefficient (Wildman–Crippen LogP) is 9.66. The molecule has 36 heavy (non-hydrogen) atoms. The van der Waals surface area contributed by atoms with Gasteiger partial charge in [-0.25, -0.2) is 0 Å². The minimum Gasteiger partial charge on any atom is -0.379 e. The zero-order valence-electron chi connectivity index (χ0n) is 24.5. The van der Waals surface area contributed by atoms with Crippen LogP contribution in [0, 0.1) is 0 Å². The van der Waals surface area contributed by atoms with Crippen LogP contribution >= 0.6 is 0 Å². The van der Waals surface area contributed by atoms with Crippen molar-refractivity contribution in [2.24, 2.45) is 0 Å². The van der Waals surface area contributed by atoms with E-state index in [9.17, 15) is 0 Å². The molecule has 1 aliphatic heterocycles. The normalized spacial score (nSPS) is 15.6. The highest BCUT2D eigenvalue weighted by Gasteiger charge is 2.18. The summed E-state index contributed by atoms with van der Waals surface area (Å²) in [5, 5.41) is 0. The number of unbranched alkanes of at least 4 members (excludes halogenated alkanes) is 14. The van der Waals surface area contributed by atoms with Gasteiger partial charge in [-0.2, -0.15) is 0 Å². The van der Waals surface area contributed by atoms with Crippen LogP contribution in [-0.4, -0.2) is 50.5 Å². The molecule has 0 aromatic heterocycles. The van der Waals surface area contributed by atoms with Gasteiger partial charge in [0.1, 0.15) is 0 Å². The van der Waals surface area contributed by atoms with Crippen LogP contribution in [0.2, 0.25) is 0 Å². The van der Waals surface area contributed by atoms with E-state index in [2.05, 4.69) is 43.1 Å². The Hall–Kier alpha value is -0.640. The van der Waals surface area contributed by atoms with Crippen molar-refractivity contribution in [1.82, 2.24) is 4.90 Å². The maximum absolute atomic E-state index is 6.30. The molecule has 0 radical (unpaired) electrons. The van der Waals surface area contributed by atoms with Crippen LogP contribution in [0.25, 0.3) is 0 Å². The Kier molecular flexibility index (Phi) is 25.4. The second kappa shape index (κ2) is 27.4. The summed E-state index contributed by atoms with van der Waals surface area (Å²) in [4.78, 5) is 2.57. The van der Waals surface area contributed by atoms with Gasteiger partial charge in [0.2, 0.25) is 0 Å². The lowest BCUT2D eigenvalue weighted by Gasteiger charge is -2.24. The molecule has 1 fully saturated rings. The van der Waals surface area contributed by atoms with E-state index in [-0.39, 0.29) is 6.10 Å². The summed E-state index contributed by atoms with van der Waals surface area (Å²) in [5.41, 5.74) is 0. The monoisotopic (exact) mass is 505 g/mol. The van der Waals surface area contributed by atoms with Crippen molar-refractivity contribution < 1.29 is 9.47 Å². The van der Waals surface area contributed by atoms with E-state index in [0.717, 1.165) is 32.8 Å². The Morgan fingerprint density at radius 3 is 1.81 bits per heavy atom. The summed E-state index contributed by atoms with van der Waals surface area (Å²) in [6.07, 6.45) is 35.8. The molecule has 3 nitrogen and oxygen atoms in total. The Morgan fingerprint density at radius 2 is 1.14 bits per heavy atom. The maximum atomic E-state index is 6.30. The topological polar surface area (TPSA) is 21.7 Å². The number of hydrogen-bond acceptors (Lipinski definition) is 3. The first kappa shape index (κ1) is 33.4. The summed E-state index contributed by atoms with van der Waals surface area (Å²) in [7, 11) is 0. The van der Waals surface area contributed by atoms with E-state index in [1.165, 1.54) is 135 Å². The van der Waals surface area contributed by atoms with Gasteiger partial charge in [-0.3, -0.25) is 0 Å². The third-order valence-corrected chi connectivity index (χ3v) is 7.31. The van der Waals surface area contributed by atoms with Crippen molar-refractivity contribution >= 4 is 0 Å². The van der Waals surface area contributed by atoms with E-state index in [1.54, 1.807) is 0 Å². The molecule has 0 aromatic carbocycles. The highest BCUT2D eigenvalue weighted by Crippen LogP contribution is 2.12. The smallest absolute Gasteiger partial charge is 0.0934 e. The fraction of sp³-hybridized carbons (Fsp3) is 0.879. The predicted molar refractivity (Wildman–Crippen MR) is 159 cm³/mol. The van der Waals surface area contributed by atoms with Gasteiger partial charge < -0.3 is 14.4 Å². The molecule has 0 amide bonds. The highest BCUT2D eigenvalue weighted by molar-refractivity contribution is 4.92. The van der Waals surface area contributed by atoms with Crippen molar-refractivity contribution in [2.45, 2.75) is 148 Å².